The van der Waals surface area contributed by atoms with Crippen molar-refractivity contribution in [3.05, 3.63) is 45.6 Å². The first kappa shape index (κ1) is 16.3. The fraction of sp³-hybridized carbons (Fsp3) is 0.471. The van der Waals surface area contributed by atoms with Crippen molar-refractivity contribution in [2.45, 2.75) is 31.4 Å². The lowest BCUT2D eigenvalue weighted by atomic mass is 9.66. The number of nitro groups is 1. The Morgan fingerprint density at radius 1 is 1.42 bits per heavy atom. The average Bonchev–Trinajstić information content (AvgIpc) is 2.54. The molecule has 1 unspecified atom stereocenters. The van der Waals surface area contributed by atoms with Crippen LogP contribution in [0, 0.1) is 23.0 Å². The minimum atomic E-state index is -1.37. The van der Waals surface area contributed by atoms with Gasteiger partial charge in [0.15, 0.2) is 0 Å². The van der Waals surface area contributed by atoms with Crippen molar-refractivity contribution in [2.75, 3.05) is 13.7 Å². The molecule has 0 saturated heterocycles. The molecule has 0 aromatic heterocycles. The molecular formula is C17H21N3O4. The van der Waals surface area contributed by atoms with E-state index in [1.165, 1.54) is 12.3 Å². The van der Waals surface area contributed by atoms with E-state index in [0.717, 1.165) is 17.7 Å². The van der Waals surface area contributed by atoms with Crippen LogP contribution in [0.2, 0.25) is 0 Å². The van der Waals surface area contributed by atoms with Crippen molar-refractivity contribution in [3.8, 4) is 11.5 Å². The van der Waals surface area contributed by atoms with Gasteiger partial charge in [-0.15, -0.1) is 0 Å². The maximum atomic E-state index is 11.8. The van der Waals surface area contributed by atoms with Gasteiger partial charge in [0, 0.05) is 17.2 Å². The number of ether oxygens (including phenoxy) is 2. The summed E-state index contributed by atoms with van der Waals surface area (Å²) < 4.78 is 11.3. The summed E-state index contributed by atoms with van der Waals surface area (Å²) in [4.78, 5) is 15.6. The van der Waals surface area contributed by atoms with E-state index in [4.69, 9.17) is 15.2 Å². The highest BCUT2D eigenvalue weighted by Gasteiger charge is 2.60. The van der Waals surface area contributed by atoms with Crippen molar-refractivity contribution >= 4 is 6.21 Å². The van der Waals surface area contributed by atoms with E-state index in [1.54, 1.807) is 7.11 Å². The summed E-state index contributed by atoms with van der Waals surface area (Å²) in [6.07, 6.45) is 4.24. The third kappa shape index (κ3) is 2.50. The van der Waals surface area contributed by atoms with Crippen molar-refractivity contribution in [1.29, 1.82) is 0 Å². The first-order valence-corrected chi connectivity index (χ1v) is 7.91. The Morgan fingerprint density at radius 3 is 2.79 bits per heavy atom. The van der Waals surface area contributed by atoms with Gasteiger partial charge in [-0.25, -0.2) is 0 Å². The molecule has 0 radical (unpaired) electrons. The van der Waals surface area contributed by atoms with E-state index in [0.29, 0.717) is 12.2 Å². The largest absolute Gasteiger partial charge is 0.496 e. The Morgan fingerprint density at radius 2 is 2.21 bits per heavy atom. The maximum absolute atomic E-state index is 11.8. The number of rotatable bonds is 5. The number of nitrogens with two attached hydrogens (primary N) is 1. The smallest absolute Gasteiger partial charge is 0.286 e. The molecule has 1 heterocycles. The SMILES string of the molecule is COc1cc(O[C@@H]2CCC2[C@@]2([N+](=O)[O-])CN=CC=C2N)ccc1C. The van der Waals surface area contributed by atoms with Crippen molar-refractivity contribution in [2.24, 2.45) is 16.6 Å². The van der Waals surface area contributed by atoms with E-state index in [1.807, 2.05) is 25.1 Å². The minimum absolute atomic E-state index is 0.0596. The summed E-state index contributed by atoms with van der Waals surface area (Å²) in [6.45, 7) is 2.01. The van der Waals surface area contributed by atoms with Crippen LogP contribution < -0.4 is 15.2 Å². The number of benzene rings is 1. The highest BCUT2D eigenvalue weighted by molar-refractivity contribution is 5.74. The van der Waals surface area contributed by atoms with E-state index in [2.05, 4.69) is 4.99 Å². The maximum Gasteiger partial charge on any atom is 0.286 e. The molecule has 0 spiro atoms. The molecule has 2 N–H and O–H groups in total. The van der Waals surface area contributed by atoms with E-state index in [-0.39, 0.29) is 29.2 Å². The summed E-state index contributed by atoms with van der Waals surface area (Å²) in [6, 6.07) is 5.57. The highest BCUT2D eigenvalue weighted by atomic mass is 16.6. The molecule has 1 saturated carbocycles. The van der Waals surface area contributed by atoms with Gasteiger partial charge in [0.25, 0.3) is 5.54 Å². The normalized spacial score (nSPS) is 28.7. The first-order chi connectivity index (χ1) is 11.5. The zero-order valence-electron chi connectivity index (χ0n) is 13.8. The molecule has 1 aromatic rings. The van der Waals surface area contributed by atoms with Crippen LogP contribution in [0.5, 0.6) is 11.5 Å². The van der Waals surface area contributed by atoms with Crippen LogP contribution in [0.4, 0.5) is 0 Å². The number of aryl methyl sites for hydroxylation is 1. The van der Waals surface area contributed by atoms with E-state index < -0.39 is 5.54 Å². The number of hydrogen-bond acceptors (Lipinski definition) is 6. The van der Waals surface area contributed by atoms with Gasteiger partial charge in [0.1, 0.15) is 24.1 Å². The van der Waals surface area contributed by atoms with Gasteiger partial charge in [-0.1, -0.05) is 6.07 Å². The van der Waals surface area contributed by atoms with Gasteiger partial charge in [-0.2, -0.15) is 0 Å². The minimum Gasteiger partial charge on any atom is -0.496 e. The predicted molar refractivity (Wildman–Crippen MR) is 90.2 cm³/mol. The topological polar surface area (TPSA) is 100.0 Å². The highest BCUT2D eigenvalue weighted by Crippen LogP contribution is 2.44. The second-order valence-electron chi connectivity index (χ2n) is 6.26. The molecule has 1 aliphatic heterocycles. The monoisotopic (exact) mass is 331 g/mol. The Labute approximate surface area is 140 Å². The molecule has 0 amide bonds. The van der Waals surface area contributed by atoms with Crippen LogP contribution in [0.1, 0.15) is 18.4 Å². The summed E-state index contributed by atoms with van der Waals surface area (Å²) in [7, 11) is 1.60. The standard InChI is InChI=1S/C17H21N3O4/c1-11-3-4-12(9-15(11)23-2)24-14-6-5-13(14)17(20(21)22)10-19-8-7-16(17)18/h3-4,7-9,13-14H,5-6,10,18H2,1-2H3/t13?,14-,17+/m1/s1. The van der Waals surface area contributed by atoms with Crippen LogP contribution in [-0.2, 0) is 0 Å². The van der Waals surface area contributed by atoms with Crippen LogP contribution >= 0.6 is 0 Å². The molecule has 1 fully saturated rings. The summed E-state index contributed by atoms with van der Waals surface area (Å²) in [5.74, 6) is 1.08. The van der Waals surface area contributed by atoms with Crippen molar-refractivity contribution in [3.63, 3.8) is 0 Å². The molecule has 1 aliphatic carbocycles. The molecule has 24 heavy (non-hydrogen) atoms. The van der Waals surface area contributed by atoms with Crippen LogP contribution in [0.25, 0.3) is 0 Å². The number of nitrogens with zero attached hydrogens (tertiary/aromatic N) is 2. The number of dihydropyridines is 1. The van der Waals surface area contributed by atoms with Crippen molar-refractivity contribution < 1.29 is 14.4 Å². The molecule has 7 nitrogen and oxygen atoms in total. The lowest BCUT2D eigenvalue weighted by Crippen LogP contribution is -2.61. The molecule has 128 valence electrons. The van der Waals surface area contributed by atoms with Gasteiger partial charge < -0.3 is 15.2 Å². The van der Waals surface area contributed by atoms with Crippen molar-refractivity contribution in [1.82, 2.24) is 0 Å². The fourth-order valence-electron chi connectivity index (χ4n) is 3.40. The van der Waals surface area contributed by atoms with Crippen LogP contribution in [-0.4, -0.2) is 36.4 Å². The Bertz CT molecular complexity index is 716. The van der Waals surface area contributed by atoms with Crippen LogP contribution in [0.15, 0.2) is 35.0 Å². The number of hydrogen-bond donors (Lipinski definition) is 1. The summed E-state index contributed by atoms with van der Waals surface area (Å²) in [5, 5.41) is 11.8. The summed E-state index contributed by atoms with van der Waals surface area (Å²) in [5.41, 5.74) is 5.89. The molecule has 1 aromatic carbocycles. The lowest BCUT2D eigenvalue weighted by Gasteiger charge is -2.44. The summed E-state index contributed by atoms with van der Waals surface area (Å²) >= 11 is 0. The average molecular weight is 331 g/mol. The van der Waals surface area contributed by atoms with Crippen LogP contribution in [0.3, 0.4) is 0 Å². The van der Waals surface area contributed by atoms with Gasteiger partial charge >= 0.3 is 0 Å². The van der Waals surface area contributed by atoms with E-state index >= 15 is 0 Å². The third-order valence-corrected chi connectivity index (χ3v) is 5.01. The molecule has 3 atom stereocenters. The molecule has 7 heteroatoms. The van der Waals surface area contributed by atoms with Gasteiger partial charge in [-0.3, -0.25) is 15.1 Å². The third-order valence-electron chi connectivity index (χ3n) is 5.01. The van der Waals surface area contributed by atoms with Gasteiger partial charge in [0.2, 0.25) is 0 Å². The Hall–Kier alpha value is -2.57. The lowest BCUT2D eigenvalue weighted by molar-refractivity contribution is -0.572. The Kier molecular flexibility index (Phi) is 4.17. The van der Waals surface area contributed by atoms with E-state index in [9.17, 15) is 10.1 Å². The number of methoxy groups -OCH3 is 1. The fourth-order valence-corrected chi connectivity index (χ4v) is 3.40. The second kappa shape index (κ2) is 6.14. The van der Waals surface area contributed by atoms with Gasteiger partial charge in [-0.05, 0) is 37.5 Å². The number of allylic oxidation sites excluding steroid dienone is 1. The molecular weight excluding hydrogens is 310 g/mol. The molecule has 3 rings (SSSR count). The Balaban J connectivity index is 1.83. The predicted octanol–water partition coefficient (Wildman–Crippen LogP) is 2.10. The molecule has 0 bridgehead atoms. The number of aliphatic imine (C=N–C) groups is 1. The van der Waals surface area contributed by atoms with Gasteiger partial charge in [0.05, 0.1) is 18.7 Å². The first-order valence-electron chi connectivity index (χ1n) is 7.91. The second-order valence-corrected chi connectivity index (χ2v) is 6.26. The quantitative estimate of drug-likeness (QED) is 0.658. The molecule has 2 aliphatic rings. The zero-order valence-corrected chi connectivity index (χ0v) is 13.8. The zero-order chi connectivity index (χ0) is 17.3.